The molecule has 5 rings (SSSR count). The second kappa shape index (κ2) is 7.17. The van der Waals surface area contributed by atoms with Crippen molar-refractivity contribution in [1.29, 1.82) is 0 Å². The fourth-order valence-corrected chi connectivity index (χ4v) is 4.28. The number of hydrogen-bond donors (Lipinski definition) is 1. The van der Waals surface area contributed by atoms with Gasteiger partial charge in [-0.25, -0.2) is 4.79 Å². The predicted octanol–water partition coefficient (Wildman–Crippen LogP) is 2.29. The Bertz CT molecular complexity index is 1260. The van der Waals surface area contributed by atoms with E-state index in [9.17, 15) is 9.59 Å². The summed E-state index contributed by atoms with van der Waals surface area (Å²) in [6, 6.07) is 11.8. The van der Waals surface area contributed by atoms with Crippen molar-refractivity contribution in [2.24, 2.45) is 0 Å². The lowest BCUT2D eigenvalue weighted by Gasteiger charge is -2.26. The summed E-state index contributed by atoms with van der Waals surface area (Å²) < 4.78 is 2.32. The van der Waals surface area contributed by atoms with Gasteiger partial charge in [0.25, 0.3) is 0 Å². The van der Waals surface area contributed by atoms with E-state index in [2.05, 4.69) is 33.6 Å². The third kappa shape index (κ3) is 3.19. The van der Waals surface area contributed by atoms with Crippen molar-refractivity contribution >= 4 is 33.7 Å². The van der Waals surface area contributed by atoms with Gasteiger partial charge in [-0.05, 0) is 46.0 Å². The van der Waals surface area contributed by atoms with Crippen molar-refractivity contribution in [1.82, 2.24) is 29.7 Å². The average molecular weight is 406 g/mol. The van der Waals surface area contributed by atoms with Crippen molar-refractivity contribution in [3.05, 3.63) is 70.1 Å². The summed E-state index contributed by atoms with van der Waals surface area (Å²) in [5, 5.41) is 11.5. The van der Waals surface area contributed by atoms with Crippen LogP contribution in [0.4, 0.5) is 0 Å². The van der Waals surface area contributed by atoms with Crippen LogP contribution in [-0.4, -0.2) is 48.7 Å². The number of carbonyl (C=O) groups excluding carboxylic acids is 1. The molecule has 0 saturated heterocycles. The number of fused-ring (bicyclic) bond motifs is 1. The van der Waals surface area contributed by atoms with Crippen LogP contribution >= 0.6 is 11.3 Å². The van der Waals surface area contributed by atoms with Crippen LogP contribution in [0.1, 0.15) is 12.0 Å². The van der Waals surface area contributed by atoms with Gasteiger partial charge in [0.05, 0.1) is 0 Å². The minimum Gasteiger partial charge on any atom is -0.361 e. The maximum atomic E-state index is 12.7. The summed E-state index contributed by atoms with van der Waals surface area (Å²) in [5.41, 5.74) is 3.11. The lowest BCUT2D eigenvalue weighted by Crippen LogP contribution is -2.39. The molecule has 3 aromatic heterocycles. The number of H-pyrrole nitrogens is 1. The first kappa shape index (κ1) is 17.6. The van der Waals surface area contributed by atoms with Gasteiger partial charge in [-0.2, -0.15) is 9.36 Å². The molecule has 1 aromatic carbocycles. The van der Waals surface area contributed by atoms with Gasteiger partial charge in [0.1, 0.15) is 11.5 Å². The number of nitrogens with one attached hydrogen (secondary N) is 1. The first-order valence-electron chi connectivity index (χ1n) is 9.31. The predicted molar refractivity (Wildman–Crippen MR) is 111 cm³/mol. The van der Waals surface area contributed by atoms with Crippen molar-refractivity contribution in [3.8, 4) is 5.00 Å². The maximum Gasteiger partial charge on any atom is 0.369 e. The van der Waals surface area contributed by atoms with Gasteiger partial charge in [0.15, 0.2) is 0 Å². The first-order valence-corrected chi connectivity index (χ1v) is 10.2. The Hall–Kier alpha value is -3.46. The molecule has 1 aliphatic rings. The van der Waals surface area contributed by atoms with E-state index in [0.717, 1.165) is 16.6 Å². The van der Waals surface area contributed by atoms with Gasteiger partial charge >= 0.3 is 5.69 Å². The Balaban J connectivity index is 1.30. The highest BCUT2D eigenvalue weighted by molar-refractivity contribution is 7.12. The molecule has 1 N–H and O–H groups in total. The van der Waals surface area contributed by atoms with Crippen molar-refractivity contribution in [2.45, 2.75) is 13.0 Å². The molecule has 8 nitrogen and oxygen atoms in total. The summed E-state index contributed by atoms with van der Waals surface area (Å²) in [5.74, 6) is -0.139. The molecule has 4 aromatic rings. The van der Waals surface area contributed by atoms with Crippen LogP contribution in [0.15, 0.2) is 58.8 Å². The molecular weight excluding hydrogens is 388 g/mol. The van der Waals surface area contributed by atoms with Gasteiger partial charge in [-0.15, -0.1) is 11.3 Å². The number of benzene rings is 1. The third-order valence-corrected chi connectivity index (χ3v) is 5.98. The zero-order valence-electron chi connectivity index (χ0n) is 15.5. The van der Waals surface area contributed by atoms with E-state index < -0.39 is 5.69 Å². The molecule has 146 valence electrons. The molecule has 29 heavy (non-hydrogen) atoms. The lowest BCUT2D eigenvalue weighted by atomic mass is 9.99. The van der Waals surface area contributed by atoms with E-state index in [1.807, 2.05) is 29.8 Å². The van der Waals surface area contributed by atoms with E-state index in [-0.39, 0.29) is 12.5 Å². The van der Waals surface area contributed by atoms with Crippen LogP contribution in [0.2, 0.25) is 0 Å². The number of tetrazole rings is 1. The molecule has 1 amide bonds. The number of amides is 1. The summed E-state index contributed by atoms with van der Waals surface area (Å²) >= 11 is 1.39. The van der Waals surface area contributed by atoms with E-state index >= 15 is 0 Å². The van der Waals surface area contributed by atoms with Crippen LogP contribution in [0.3, 0.4) is 0 Å². The Kier molecular flexibility index (Phi) is 4.36. The molecule has 0 bridgehead atoms. The molecule has 4 heterocycles. The number of hydrogen-bond acceptors (Lipinski definition) is 5. The molecule has 0 atom stereocenters. The van der Waals surface area contributed by atoms with E-state index in [1.54, 1.807) is 11.0 Å². The molecular formula is C20H18N6O2S. The number of aromatic nitrogens is 5. The monoisotopic (exact) mass is 406 g/mol. The number of thiophene rings is 1. The molecule has 0 saturated carbocycles. The van der Waals surface area contributed by atoms with E-state index in [1.165, 1.54) is 32.5 Å². The highest BCUT2D eigenvalue weighted by Crippen LogP contribution is 2.29. The van der Waals surface area contributed by atoms with Gasteiger partial charge in [0.2, 0.25) is 5.91 Å². The largest absolute Gasteiger partial charge is 0.369 e. The third-order valence-electron chi connectivity index (χ3n) is 5.14. The number of carbonyl (C=O) groups is 1. The normalized spacial score (nSPS) is 14.3. The topological polar surface area (TPSA) is 88.8 Å². The molecule has 0 fully saturated rings. The Morgan fingerprint density at radius 1 is 1.17 bits per heavy atom. The van der Waals surface area contributed by atoms with Crippen LogP contribution < -0.4 is 5.69 Å². The highest BCUT2D eigenvalue weighted by Gasteiger charge is 2.21. The van der Waals surface area contributed by atoms with Gasteiger partial charge in [-0.1, -0.05) is 24.3 Å². The number of nitrogens with zero attached hydrogens (tertiary/aromatic N) is 5. The van der Waals surface area contributed by atoms with Gasteiger partial charge in [0, 0.05) is 35.8 Å². The molecule has 0 aliphatic carbocycles. The fraction of sp³-hybridized carbons (Fsp3) is 0.200. The van der Waals surface area contributed by atoms with E-state index in [0.29, 0.717) is 18.1 Å². The minimum atomic E-state index is -0.409. The highest BCUT2D eigenvalue weighted by atomic mass is 32.1. The van der Waals surface area contributed by atoms with Gasteiger partial charge in [-0.3, -0.25) is 4.79 Å². The van der Waals surface area contributed by atoms with Crippen molar-refractivity contribution < 1.29 is 4.79 Å². The maximum absolute atomic E-state index is 12.7. The standard InChI is InChI=1S/C20H18N6O2S/c27-18(13-25-20(28)26(23-22-25)19-6-3-11-29-19)24-9-7-14(8-10-24)16-12-21-17-5-2-1-4-15(16)17/h1-7,11-12,21H,8-10,13H2. The Morgan fingerprint density at radius 2 is 2.07 bits per heavy atom. The summed E-state index contributed by atoms with van der Waals surface area (Å²) in [7, 11) is 0. The van der Waals surface area contributed by atoms with Crippen LogP contribution in [-0.2, 0) is 11.3 Å². The Morgan fingerprint density at radius 3 is 2.86 bits per heavy atom. The van der Waals surface area contributed by atoms with Crippen molar-refractivity contribution in [2.75, 3.05) is 13.1 Å². The first-order chi connectivity index (χ1) is 14.2. The molecule has 0 unspecified atom stereocenters. The molecule has 0 radical (unpaired) electrons. The van der Waals surface area contributed by atoms with Crippen LogP contribution in [0, 0.1) is 0 Å². The number of aromatic amines is 1. The molecule has 9 heteroatoms. The smallest absolute Gasteiger partial charge is 0.361 e. The number of para-hydroxylation sites is 1. The fourth-order valence-electron chi connectivity index (χ4n) is 3.61. The van der Waals surface area contributed by atoms with E-state index in [4.69, 9.17) is 0 Å². The lowest BCUT2D eigenvalue weighted by molar-refractivity contribution is -0.131. The second-order valence-corrected chi connectivity index (χ2v) is 7.78. The zero-order chi connectivity index (χ0) is 19.8. The molecule has 1 aliphatic heterocycles. The van der Waals surface area contributed by atoms with Crippen LogP contribution in [0.5, 0.6) is 0 Å². The van der Waals surface area contributed by atoms with Gasteiger partial charge < -0.3 is 9.88 Å². The summed E-state index contributed by atoms with van der Waals surface area (Å²) in [6.45, 7) is 1.01. The SMILES string of the molecule is O=C(Cn1nnn(-c2cccs2)c1=O)N1CC=C(c2c[nH]c3ccccc23)CC1. The van der Waals surface area contributed by atoms with Crippen molar-refractivity contribution in [3.63, 3.8) is 0 Å². The quantitative estimate of drug-likeness (QED) is 0.563. The number of rotatable bonds is 4. The Labute approximate surface area is 169 Å². The second-order valence-electron chi connectivity index (χ2n) is 6.85. The average Bonchev–Trinajstić information content (AvgIpc) is 3.49. The molecule has 0 spiro atoms. The van der Waals surface area contributed by atoms with Crippen LogP contribution in [0.25, 0.3) is 21.5 Å². The summed E-state index contributed by atoms with van der Waals surface area (Å²) in [6.07, 6.45) is 4.88. The zero-order valence-corrected chi connectivity index (χ0v) is 16.3. The minimum absolute atomic E-state index is 0.111. The summed E-state index contributed by atoms with van der Waals surface area (Å²) in [4.78, 5) is 30.2.